The lowest BCUT2D eigenvalue weighted by molar-refractivity contribution is -0.272. The molecule has 1 heterocycles. The average molecular weight is 863 g/mol. The normalized spacial score (nSPS) is 20.9. The molecule has 6 atom stereocenters. The first kappa shape index (κ1) is 52.2. The average Bonchev–Trinajstić information content (AvgIpc) is 3.10. The second kappa shape index (κ2) is 30.2. The highest BCUT2D eigenvalue weighted by Crippen LogP contribution is 2.28. The second-order valence-corrected chi connectivity index (χ2v) is 24.4. The van der Waals surface area contributed by atoms with Crippen molar-refractivity contribution in [2.24, 2.45) is 0 Å². The molecule has 0 spiro atoms. The number of aliphatic hydroxyl groups excluding tert-OH is 2. The van der Waals surface area contributed by atoms with Crippen molar-refractivity contribution in [2.75, 3.05) is 19.8 Å². The summed E-state index contributed by atoms with van der Waals surface area (Å²) in [6.45, 7) is 9.99. The number of unbranched alkanes of at least 4 members (excludes halogenated alkanes) is 16. The number of amides is 1. The maximum absolute atomic E-state index is 13.6. The highest BCUT2D eigenvalue weighted by Gasteiger charge is 2.49. The van der Waals surface area contributed by atoms with E-state index in [1.807, 2.05) is 0 Å². The predicted molar refractivity (Wildman–Crippen MR) is 222 cm³/mol. The highest BCUT2D eigenvalue weighted by atomic mass is 35.6. The van der Waals surface area contributed by atoms with E-state index in [9.17, 15) is 24.6 Å². The van der Waals surface area contributed by atoms with Crippen LogP contribution in [0.1, 0.15) is 149 Å². The topological polar surface area (TPSA) is 150 Å². The fourth-order valence-corrected chi connectivity index (χ4v) is 7.30. The van der Waals surface area contributed by atoms with Gasteiger partial charge in [-0.25, -0.2) is 4.79 Å². The summed E-state index contributed by atoms with van der Waals surface area (Å²) in [5.41, 5.74) is 0. The van der Waals surface area contributed by atoms with Gasteiger partial charge in [0.15, 0.2) is 12.4 Å². The van der Waals surface area contributed by atoms with Crippen LogP contribution < -0.4 is 5.32 Å². The molecule has 15 heteroatoms. The van der Waals surface area contributed by atoms with E-state index in [0.29, 0.717) is 6.42 Å². The molecule has 0 bridgehead atoms. The molecular formula is C40H74Cl3NO10Si. The Labute approximate surface area is 347 Å². The molecule has 0 aliphatic carbocycles. The molecule has 1 saturated heterocycles. The van der Waals surface area contributed by atoms with Gasteiger partial charge in [0.05, 0.1) is 13.0 Å². The van der Waals surface area contributed by atoms with Crippen LogP contribution in [-0.2, 0) is 33.3 Å². The lowest BCUT2D eigenvalue weighted by Crippen LogP contribution is -2.66. The molecule has 1 fully saturated rings. The Balaban J connectivity index is 3.01. The molecule has 1 rings (SSSR count). The minimum absolute atomic E-state index is 0.250. The summed E-state index contributed by atoms with van der Waals surface area (Å²) >= 11 is 17.3. The smallest absolute Gasteiger partial charge is 0.407 e. The minimum Gasteiger partial charge on any atom is -0.462 e. The first-order valence-corrected chi connectivity index (χ1v) is 25.9. The van der Waals surface area contributed by atoms with E-state index in [-0.39, 0.29) is 25.4 Å². The van der Waals surface area contributed by atoms with Crippen molar-refractivity contribution < 1.29 is 48.3 Å². The van der Waals surface area contributed by atoms with Gasteiger partial charge in [-0.05, 0) is 25.3 Å². The Bertz CT molecular complexity index is 1030. The largest absolute Gasteiger partial charge is 0.462 e. The molecule has 1 amide bonds. The molecule has 1 aliphatic heterocycles. The third-order valence-corrected chi connectivity index (χ3v) is 11.7. The van der Waals surface area contributed by atoms with Gasteiger partial charge in [0.25, 0.3) is 0 Å². The summed E-state index contributed by atoms with van der Waals surface area (Å²) in [4.78, 5) is 39.4. The monoisotopic (exact) mass is 861 g/mol. The number of hydrogen-bond donors (Lipinski definition) is 3. The molecule has 1 aliphatic rings. The van der Waals surface area contributed by atoms with Crippen molar-refractivity contribution >= 4 is 60.9 Å². The van der Waals surface area contributed by atoms with Gasteiger partial charge in [0, 0.05) is 21.1 Å². The molecule has 55 heavy (non-hydrogen) atoms. The number of carbonyl (C=O) groups excluding carboxylic acids is 3. The van der Waals surface area contributed by atoms with Crippen molar-refractivity contribution in [1.29, 1.82) is 0 Å². The van der Waals surface area contributed by atoms with Gasteiger partial charge in [-0.1, -0.05) is 171 Å². The van der Waals surface area contributed by atoms with E-state index in [4.69, 9.17) is 58.5 Å². The Hall–Kier alpha value is -0.863. The number of aliphatic hydroxyl groups is 2. The summed E-state index contributed by atoms with van der Waals surface area (Å²) in [6.07, 6.45) is 13.6. The zero-order valence-electron chi connectivity index (χ0n) is 34.4. The van der Waals surface area contributed by atoms with E-state index in [0.717, 1.165) is 57.4 Å². The molecule has 0 aromatic heterocycles. The fraction of sp³-hybridized carbons (Fsp3) is 0.925. The molecular weight excluding hydrogens is 789 g/mol. The molecule has 0 saturated carbocycles. The van der Waals surface area contributed by atoms with Crippen LogP contribution >= 0.6 is 34.8 Å². The summed E-state index contributed by atoms with van der Waals surface area (Å²) in [5.74, 6) is -1.10. The number of carbonyl (C=O) groups is 3. The minimum atomic E-state index is -1.88. The van der Waals surface area contributed by atoms with Gasteiger partial charge in [-0.2, -0.15) is 0 Å². The van der Waals surface area contributed by atoms with Gasteiger partial charge >= 0.3 is 18.0 Å². The fourth-order valence-electron chi connectivity index (χ4n) is 6.41. The Kier molecular flexibility index (Phi) is 28.7. The van der Waals surface area contributed by atoms with E-state index in [1.165, 1.54) is 64.2 Å². The maximum atomic E-state index is 13.6. The molecule has 0 radical (unpaired) electrons. The first-order valence-electron chi connectivity index (χ1n) is 21.0. The predicted octanol–water partition coefficient (Wildman–Crippen LogP) is 9.94. The van der Waals surface area contributed by atoms with Crippen LogP contribution in [0, 0.1) is 0 Å². The van der Waals surface area contributed by atoms with E-state index in [1.54, 1.807) is 0 Å². The Morgan fingerprint density at radius 3 is 1.84 bits per heavy atom. The molecule has 3 N–H and O–H groups in total. The molecule has 0 aromatic rings. The third-order valence-electron chi connectivity index (χ3n) is 9.71. The van der Waals surface area contributed by atoms with E-state index < -0.39 is 73.9 Å². The summed E-state index contributed by atoms with van der Waals surface area (Å²) in [7, 11) is -1.55. The quantitative estimate of drug-likeness (QED) is 0.0202. The van der Waals surface area contributed by atoms with Gasteiger partial charge in [-0.3, -0.25) is 9.59 Å². The summed E-state index contributed by atoms with van der Waals surface area (Å²) < 4.78 is 26.8. The molecule has 0 aromatic carbocycles. The molecule has 324 valence electrons. The number of esters is 2. The summed E-state index contributed by atoms with van der Waals surface area (Å²) in [5, 5.41) is 23.8. The number of alkyl carbamates (subject to hydrolysis) is 1. The standard InChI is InChI=1S/C40H74Cl3NO10Si/c1-6-8-10-12-14-16-18-20-22-24-31(52-33(46)25-23-21-19-17-15-13-11-9-7-2)28-34(47)54-37-35(44-39(49)51-30-40(41,42)43)38(50-26-27-55(3,4)5)53-32(29-45)36(37)48/h31-32,35-38,45,48H,6-30H2,1-5H3,(H,44,49)/t31-,32-,35-,36-,37-,38-/m1/s1. The SMILES string of the molecule is CCCCCCCCCCCC(=O)O[C@H](CCCCCCCCCCC)CC(=O)O[C@H]1[C@H](O)[C@@H](CO)O[C@@H](OCC[Si](C)(C)C)[C@@H]1NC(=O)OCC(Cl)(Cl)Cl. The van der Waals surface area contributed by atoms with Crippen LogP contribution in [0.4, 0.5) is 4.79 Å². The van der Waals surface area contributed by atoms with Crippen molar-refractivity contribution in [3.63, 3.8) is 0 Å². The Morgan fingerprint density at radius 1 is 0.800 bits per heavy atom. The second-order valence-electron chi connectivity index (χ2n) is 16.2. The van der Waals surface area contributed by atoms with Crippen LogP contribution in [-0.4, -0.2) is 96.7 Å². The lowest BCUT2D eigenvalue weighted by atomic mass is 9.96. The molecule has 11 nitrogen and oxygen atoms in total. The maximum Gasteiger partial charge on any atom is 0.407 e. The number of ether oxygens (including phenoxy) is 5. The number of rotatable bonds is 31. The lowest BCUT2D eigenvalue weighted by Gasteiger charge is -2.43. The highest BCUT2D eigenvalue weighted by molar-refractivity contribution is 6.76. The number of halogens is 3. The van der Waals surface area contributed by atoms with Gasteiger partial charge < -0.3 is 39.2 Å². The van der Waals surface area contributed by atoms with Crippen molar-refractivity contribution in [3.8, 4) is 0 Å². The van der Waals surface area contributed by atoms with Crippen molar-refractivity contribution in [2.45, 2.75) is 215 Å². The van der Waals surface area contributed by atoms with Crippen LogP contribution in [0.15, 0.2) is 0 Å². The number of nitrogens with one attached hydrogen (secondary N) is 1. The van der Waals surface area contributed by atoms with Crippen LogP contribution in [0.5, 0.6) is 0 Å². The van der Waals surface area contributed by atoms with Gasteiger partial charge in [0.2, 0.25) is 3.79 Å². The first-order chi connectivity index (χ1) is 26.1. The van der Waals surface area contributed by atoms with E-state index >= 15 is 0 Å². The Morgan fingerprint density at radius 2 is 1.33 bits per heavy atom. The number of alkyl halides is 3. The van der Waals surface area contributed by atoms with Crippen LogP contribution in [0.2, 0.25) is 25.7 Å². The van der Waals surface area contributed by atoms with Gasteiger partial charge in [-0.15, -0.1) is 0 Å². The molecule has 0 unspecified atom stereocenters. The van der Waals surface area contributed by atoms with Gasteiger partial charge in [0.1, 0.15) is 31.0 Å². The van der Waals surface area contributed by atoms with E-state index in [2.05, 4.69) is 38.8 Å². The van der Waals surface area contributed by atoms with Crippen molar-refractivity contribution in [1.82, 2.24) is 5.32 Å². The summed E-state index contributed by atoms with van der Waals surface area (Å²) in [6, 6.07) is -0.504. The van der Waals surface area contributed by atoms with Crippen LogP contribution in [0.25, 0.3) is 0 Å². The third kappa shape index (κ3) is 26.7. The zero-order valence-corrected chi connectivity index (χ0v) is 37.7. The van der Waals surface area contributed by atoms with Crippen molar-refractivity contribution in [3.05, 3.63) is 0 Å². The number of hydrogen-bond acceptors (Lipinski definition) is 10. The van der Waals surface area contributed by atoms with Crippen LogP contribution in [0.3, 0.4) is 0 Å². The zero-order chi connectivity index (χ0) is 41.1.